The molecule has 1 aliphatic heterocycles. The third-order valence-electron chi connectivity index (χ3n) is 6.48. The van der Waals surface area contributed by atoms with Gasteiger partial charge in [-0.25, -0.2) is 0 Å². The van der Waals surface area contributed by atoms with E-state index in [1.807, 2.05) is 48.5 Å². The van der Waals surface area contributed by atoms with Crippen molar-refractivity contribution in [2.75, 3.05) is 18.5 Å². The summed E-state index contributed by atoms with van der Waals surface area (Å²) in [4.78, 5) is 33.6. The predicted molar refractivity (Wildman–Crippen MR) is 143 cm³/mol. The van der Waals surface area contributed by atoms with Crippen molar-refractivity contribution in [3.63, 3.8) is 0 Å². The normalized spacial score (nSPS) is 16.5. The summed E-state index contributed by atoms with van der Waals surface area (Å²) in [7, 11) is 0. The Morgan fingerprint density at radius 1 is 1.06 bits per heavy atom. The van der Waals surface area contributed by atoms with E-state index >= 15 is 0 Å². The van der Waals surface area contributed by atoms with Crippen LogP contribution in [-0.4, -0.2) is 46.2 Å². The summed E-state index contributed by atoms with van der Waals surface area (Å²) in [5.74, 6) is -0.474. The van der Waals surface area contributed by atoms with Crippen molar-refractivity contribution in [1.82, 2.24) is 9.47 Å². The molecule has 7 nitrogen and oxygen atoms in total. The van der Waals surface area contributed by atoms with Gasteiger partial charge in [-0.1, -0.05) is 54.2 Å². The van der Waals surface area contributed by atoms with Crippen molar-refractivity contribution >= 4 is 45.0 Å². The van der Waals surface area contributed by atoms with Crippen LogP contribution >= 0.6 is 0 Å². The number of carbonyl (C=O) groups is 2. The number of oxime groups is 1. The Kier molecular flexibility index (Phi) is 6.54. The van der Waals surface area contributed by atoms with E-state index in [0.29, 0.717) is 23.4 Å². The summed E-state index contributed by atoms with van der Waals surface area (Å²) in [6.07, 6.45) is 1.90. The Labute approximate surface area is 209 Å². The van der Waals surface area contributed by atoms with E-state index in [2.05, 4.69) is 40.7 Å². The summed E-state index contributed by atoms with van der Waals surface area (Å²) < 4.78 is 2.26. The zero-order chi connectivity index (χ0) is 25.1. The Balaban J connectivity index is 1.44. The van der Waals surface area contributed by atoms with Gasteiger partial charge in [0.05, 0.1) is 12.3 Å². The number of para-hydroxylation sites is 1. The van der Waals surface area contributed by atoms with Crippen molar-refractivity contribution < 1.29 is 14.4 Å². The van der Waals surface area contributed by atoms with Crippen LogP contribution in [0.15, 0.2) is 90.6 Å². The molecular weight excluding hydrogens is 452 g/mol. The Morgan fingerprint density at radius 2 is 1.81 bits per heavy atom. The molecule has 0 spiro atoms. The zero-order valence-electron chi connectivity index (χ0n) is 20.2. The number of hydrogen-bond acceptors (Lipinski definition) is 4. The van der Waals surface area contributed by atoms with Crippen molar-refractivity contribution in [3.8, 4) is 0 Å². The largest absolute Gasteiger partial charge is 0.392 e. The lowest BCUT2D eigenvalue weighted by Gasteiger charge is -2.23. The van der Waals surface area contributed by atoms with Gasteiger partial charge < -0.3 is 19.6 Å². The van der Waals surface area contributed by atoms with Gasteiger partial charge in [-0.2, -0.15) is 0 Å². The lowest BCUT2D eigenvalue weighted by molar-refractivity contribution is -0.119. The summed E-state index contributed by atoms with van der Waals surface area (Å²) in [5.41, 5.74) is 4.13. The van der Waals surface area contributed by atoms with Crippen LogP contribution in [0.3, 0.4) is 0 Å². The van der Waals surface area contributed by atoms with Gasteiger partial charge in [-0.15, -0.1) is 0 Å². The van der Waals surface area contributed by atoms with E-state index < -0.39 is 6.04 Å². The number of aryl methyl sites for hydroxylation is 1. The van der Waals surface area contributed by atoms with E-state index in [1.165, 1.54) is 0 Å². The van der Waals surface area contributed by atoms with Crippen molar-refractivity contribution in [1.29, 1.82) is 0 Å². The summed E-state index contributed by atoms with van der Waals surface area (Å²) >= 11 is 0. The standard InChI is InChI=1S/C29H28N4O3/c1-3-16-36-31-22-18-27(33(19-22)29(35)20-10-6-5-7-11-20)28(34)30-21-14-15-26-24(17-21)23-12-8-9-13-25(23)32(26)4-2/h3,5-15,17,27H,1,4,16,18-19H2,2H3,(H,30,34)/b31-22+/t27-/m0/s1. The molecule has 0 aliphatic carbocycles. The van der Waals surface area contributed by atoms with E-state index in [9.17, 15) is 9.59 Å². The maximum Gasteiger partial charge on any atom is 0.254 e. The lowest BCUT2D eigenvalue weighted by atomic mass is 10.1. The molecule has 182 valence electrons. The molecule has 0 saturated carbocycles. The molecule has 2 heterocycles. The monoisotopic (exact) mass is 480 g/mol. The lowest BCUT2D eigenvalue weighted by Crippen LogP contribution is -2.43. The first-order chi connectivity index (χ1) is 17.6. The van der Waals surface area contributed by atoms with Crippen LogP contribution in [0.25, 0.3) is 21.8 Å². The topological polar surface area (TPSA) is 75.9 Å². The number of nitrogens with one attached hydrogen (secondary N) is 1. The first-order valence-corrected chi connectivity index (χ1v) is 12.1. The highest BCUT2D eigenvalue weighted by molar-refractivity contribution is 6.11. The first kappa shape index (κ1) is 23.4. The van der Waals surface area contributed by atoms with Crippen LogP contribution in [0.1, 0.15) is 23.7 Å². The molecule has 1 atom stereocenters. The van der Waals surface area contributed by atoms with Gasteiger partial charge >= 0.3 is 0 Å². The van der Waals surface area contributed by atoms with Crippen LogP contribution in [0.2, 0.25) is 0 Å². The van der Waals surface area contributed by atoms with Gasteiger partial charge in [-0.05, 0) is 43.3 Å². The summed E-state index contributed by atoms with van der Waals surface area (Å²) in [5, 5.41) is 9.39. The van der Waals surface area contributed by atoms with Gasteiger partial charge in [0.2, 0.25) is 5.91 Å². The average molecular weight is 481 g/mol. The second kappa shape index (κ2) is 10.1. The maximum atomic E-state index is 13.5. The van der Waals surface area contributed by atoms with Crippen molar-refractivity contribution in [3.05, 3.63) is 91.0 Å². The number of amides is 2. The van der Waals surface area contributed by atoms with Crippen LogP contribution < -0.4 is 5.32 Å². The summed E-state index contributed by atoms with van der Waals surface area (Å²) in [6, 6.07) is 22.5. The quantitative estimate of drug-likeness (QED) is 0.224. The number of rotatable bonds is 7. The minimum Gasteiger partial charge on any atom is -0.392 e. The number of fused-ring (bicyclic) bond motifs is 3. The highest BCUT2D eigenvalue weighted by Crippen LogP contribution is 2.31. The van der Waals surface area contributed by atoms with Gasteiger partial charge in [0, 0.05) is 46.0 Å². The van der Waals surface area contributed by atoms with E-state index in [0.717, 1.165) is 28.4 Å². The Morgan fingerprint density at radius 3 is 2.58 bits per heavy atom. The Hall–Kier alpha value is -4.39. The van der Waals surface area contributed by atoms with Gasteiger partial charge in [0.15, 0.2) is 0 Å². The Bertz CT molecular complexity index is 1470. The van der Waals surface area contributed by atoms with Gasteiger partial charge in [-0.3, -0.25) is 9.59 Å². The third kappa shape index (κ3) is 4.35. The van der Waals surface area contributed by atoms with E-state index in [1.54, 1.807) is 23.1 Å². The number of aromatic nitrogens is 1. The number of anilines is 1. The molecule has 2 amide bonds. The molecule has 3 aromatic carbocycles. The van der Waals surface area contributed by atoms with Gasteiger partial charge in [0.1, 0.15) is 12.6 Å². The molecule has 4 aromatic rings. The fraction of sp³-hybridized carbons (Fsp3) is 0.207. The summed E-state index contributed by atoms with van der Waals surface area (Å²) in [6.45, 7) is 7.09. The number of nitrogens with zero attached hydrogens (tertiary/aromatic N) is 3. The molecule has 1 N–H and O–H groups in total. The fourth-order valence-corrected chi connectivity index (χ4v) is 4.84. The highest BCUT2D eigenvalue weighted by Gasteiger charge is 2.38. The number of carbonyl (C=O) groups excluding carboxylic acids is 2. The number of hydrogen-bond donors (Lipinski definition) is 1. The molecule has 1 saturated heterocycles. The second-order valence-electron chi connectivity index (χ2n) is 8.74. The van der Waals surface area contributed by atoms with Crippen LogP contribution in [0.5, 0.6) is 0 Å². The average Bonchev–Trinajstić information content (AvgIpc) is 3.48. The molecule has 1 aromatic heterocycles. The highest BCUT2D eigenvalue weighted by atomic mass is 16.6. The van der Waals surface area contributed by atoms with Crippen LogP contribution in [-0.2, 0) is 16.2 Å². The third-order valence-corrected chi connectivity index (χ3v) is 6.48. The van der Waals surface area contributed by atoms with Crippen molar-refractivity contribution in [2.24, 2.45) is 5.16 Å². The number of benzene rings is 3. The SMILES string of the molecule is C=CCO/N=C1\C[C@@H](C(=O)Nc2ccc3c(c2)c2ccccc2n3CC)N(C(=O)c2ccccc2)C1. The smallest absolute Gasteiger partial charge is 0.254 e. The van der Waals surface area contributed by atoms with Crippen LogP contribution in [0, 0.1) is 0 Å². The van der Waals surface area contributed by atoms with Crippen LogP contribution in [0.4, 0.5) is 5.69 Å². The van der Waals surface area contributed by atoms with E-state index in [-0.39, 0.29) is 25.0 Å². The molecule has 0 unspecified atom stereocenters. The minimum absolute atomic E-state index is 0.217. The molecule has 0 bridgehead atoms. The second-order valence-corrected chi connectivity index (χ2v) is 8.74. The fourth-order valence-electron chi connectivity index (χ4n) is 4.84. The molecule has 1 aliphatic rings. The molecular formula is C29H28N4O3. The predicted octanol–water partition coefficient (Wildman–Crippen LogP) is 5.23. The molecule has 1 fully saturated rings. The van der Waals surface area contributed by atoms with Gasteiger partial charge in [0.25, 0.3) is 5.91 Å². The molecule has 0 radical (unpaired) electrons. The maximum absolute atomic E-state index is 13.5. The molecule has 7 heteroatoms. The van der Waals surface area contributed by atoms with Crippen molar-refractivity contribution in [2.45, 2.75) is 25.9 Å². The van der Waals surface area contributed by atoms with E-state index in [4.69, 9.17) is 4.84 Å². The zero-order valence-corrected chi connectivity index (χ0v) is 20.2. The minimum atomic E-state index is -0.698. The molecule has 5 rings (SSSR count). The number of likely N-dealkylation sites (tertiary alicyclic amines) is 1. The first-order valence-electron chi connectivity index (χ1n) is 12.1. The molecule has 36 heavy (non-hydrogen) atoms.